The highest BCUT2D eigenvalue weighted by atomic mass is 16.4. The van der Waals surface area contributed by atoms with Crippen LogP contribution < -0.4 is 5.32 Å². The summed E-state index contributed by atoms with van der Waals surface area (Å²) in [5, 5.41) is 12.3. The Morgan fingerprint density at radius 1 is 1.21 bits per heavy atom. The molecular weight excluding hydrogens is 372 g/mol. The van der Waals surface area contributed by atoms with Crippen LogP contribution in [0.1, 0.15) is 17.0 Å². The number of nitrogens with one attached hydrogen (secondary N) is 1. The summed E-state index contributed by atoms with van der Waals surface area (Å²) in [6, 6.07) is 11.0. The molecule has 3 heterocycles. The van der Waals surface area contributed by atoms with Gasteiger partial charge in [-0.2, -0.15) is 0 Å². The Kier molecular flexibility index (Phi) is 4.38. The zero-order valence-corrected chi connectivity index (χ0v) is 15.8. The average molecular weight is 390 g/mol. The van der Waals surface area contributed by atoms with Crippen molar-refractivity contribution in [3.63, 3.8) is 0 Å². The number of carboxylic acids is 1. The molecule has 0 saturated carbocycles. The van der Waals surface area contributed by atoms with Crippen LogP contribution in [0.25, 0.3) is 22.7 Å². The number of pyridine rings is 1. The lowest BCUT2D eigenvalue weighted by atomic mass is 10.2. The average Bonchev–Trinajstić information content (AvgIpc) is 3.11. The number of amides is 3. The molecule has 29 heavy (non-hydrogen) atoms. The molecule has 146 valence electrons. The van der Waals surface area contributed by atoms with E-state index in [4.69, 9.17) is 5.11 Å². The first kappa shape index (κ1) is 18.4. The third-order valence-corrected chi connectivity index (χ3v) is 4.87. The van der Waals surface area contributed by atoms with Crippen LogP contribution in [0, 0.1) is 13.8 Å². The van der Waals surface area contributed by atoms with Crippen LogP contribution in [0.4, 0.5) is 4.79 Å². The molecule has 8 heteroatoms. The largest absolute Gasteiger partial charge is 0.480 e. The van der Waals surface area contributed by atoms with E-state index in [0.29, 0.717) is 4.90 Å². The summed E-state index contributed by atoms with van der Waals surface area (Å²) in [6.07, 6.45) is 3.32. The maximum Gasteiger partial charge on any atom is 0.329 e. The highest BCUT2D eigenvalue weighted by Crippen LogP contribution is 2.25. The zero-order chi connectivity index (χ0) is 20.7. The van der Waals surface area contributed by atoms with Gasteiger partial charge in [0.1, 0.15) is 12.2 Å². The van der Waals surface area contributed by atoms with Crippen molar-refractivity contribution in [2.24, 2.45) is 0 Å². The Hall–Kier alpha value is -3.94. The van der Waals surface area contributed by atoms with E-state index in [1.165, 1.54) is 0 Å². The lowest BCUT2D eigenvalue weighted by Crippen LogP contribution is -2.35. The first-order chi connectivity index (χ1) is 13.8. The maximum atomic E-state index is 12.4. The fourth-order valence-electron chi connectivity index (χ4n) is 3.54. The van der Waals surface area contributed by atoms with Gasteiger partial charge in [0.05, 0.1) is 5.52 Å². The Morgan fingerprint density at radius 2 is 2.00 bits per heavy atom. The first-order valence-electron chi connectivity index (χ1n) is 8.95. The lowest BCUT2D eigenvalue weighted by Gasteiger charge is -2.10. The molecule has 0 atom stereocenters. The summed E-state index contributed by atoms with van der Waals surface area (Å²) < 4.78 is 2.05. The summed E-state index contributed by atoms with van der Waals surface area (Å²) in [4.78, 5) is 40.1. The number of aromatic nitrogens is 2. The van der Waals surface area contributed by atoms with Crippen LogP contribution >= 0.6 is 0 Å². The fraction of sp³-hybridized carbons (Fsp3) is 0.143. The van der Waals surface area contributed by atoms with Crippen LogP contribution in [-0.2, 0) is 9.59 Å². The third kappa shape index (κ3) is 3.25. The quantitative estimate of drug-likeness (QED) is 0.526. The number of hydrogen-bond donors (Lipinski definition) is 2. The number of carbonyl (C=O) groups is 3. The monoisotopic (exact) mass is 390 g/mol. The van der Waals surface area contributed by atoms with E-state index in [1.807, 2.05) is 50.2 Å². The van der Waals surface area contributed by atoms with Gasteiger partial charge in [0, 0.05) is 28.7 Å². The second-order valence-corrected chi connectivity index (χ2v) is 6.82. The number of nitrogens with zero attached hydrogens (tertiary/aromatic N) is 3. The van der Waals surface area contributed by atoms with E-state index >= 15 is 0 Å². The van der Waals surface area contributed by atoms with Crippen molar-refractivity contribution in [2.45, 2.75) is 13.8 Å². The molecule has 1 fully saturated rings. The van der Waals surface area contributed by atoms with Crippen molar-refractivity contribution in [1.82, 2.24) is 19.8 Å². The van der Waals surface area contributed by atoms with Gasteiger partial charge in [0.25, 0.3) is 5.91 Å². The molecule has 0 radical (unpaired) electrons. The molecule has 1 aliphatic heterocycles. The maximum absolute atomic E-state index is 12.4. The van der Waals surface area contributed by atoms with Gasteiger partial charge in [-0.1, -0.05) is 6.07 Å². The molecule has 0 spiro atoms. The number of aliphatic carboxylic acids is 1. The molecular formula is C21H18N4O4. The molecule has 2 N–H and O–H groups in total. The number of benzene rings is 1. The van der Waals surface area contributed by atoms with Gasteiger partial charge in [0.2, 0.25) is 0 Å². The van der Waals surface area contributed by atoms with Gasteiger partial charge in [-0.3, -0.25) is 14.6 Å². The van der Waals surface area contributed by atoms with Crippen LogP contribution in [0.3, 0.4) is 0 Å². The number of aryl methyl sites for hydroxylation is 1. The molecule has 2 aromatic heterocycles. The van der Waals surface area contributed by atoms with Crippen molar-refractivity contribution < 1.29 is 19.5 Å². The SMILES string of the molecule is Cc1cc(/C=C2/NC(=O)N(CC(=O)O)C2=O)c(C)n1-c1ccc2ncccc2c1. The minimum atomic E-state index is -1.25. The van der Waals surface area contributed by atoms with E-state index < -0.39 is 24.5 Å². The molecule has 0 aliphatic carbocycles. The highest BCUT2D eigenvalue weighted by molar-refractivity contribution is 6.15. The lowest BCUT2D eigenvalue weighted by molar-refractivity contribution is -0.140. The number of carboxylic acid groups (broad SMARTS) is 1. The molecule has 4 rings (SSSR count). The summed E-state index contributed by atoms with van der Waals surface area (Å²) in [5.41, 5.74) is 4.51. The van der Waals surface area contributed by atoms with Crippen molar-refractivity contribution in [1.29, 1.82) is 0 Å². The summed E-state index contributed by atoms with van der Waals surface area (Å²) >= 11 is 0. The topological polar surface area (TPSA) is 105 Å². The number of urea groups is 1. The van der Waals surface area contributed by atoms with Gasteiger partial charge in [-0.25, -0.2) is 9.69 Å². The summed E-state index contributed by atoms with van der Waals surface area (Å²) in [7, 11) is 0. The Morgan fingerprint density at radius 3 is 2.76 bits per heavy atom. The number of hydrogen-bond acceptors (Lipinski definition) is 4. The summed E-state index contributed by atoms with van der Waals surface area (Å²) in [6.45, 7) is 3.20. The van der Waals surface area contributed by atoms with Crippen LogP contribution in [0.5, 0.6) is 0 Å². The van der Waals surface area contributed by atoms with Crippen LogP contribution in [0.2, 0.25) is 0 Å². The molecule has 1 aliphatic rings. The number of imide groups is 1. The standard InChI is InChI=1S/C21H18N4O4/c1-12-8-15(10-18-20(28)24(11-19(26)27)21(29)23-18)13(2)25(12)16-5-6-17-14(9-16)4-3-7-22-17/h3-10H,11H2,1-2H3,(H,23,29)(H,26,27)/b18-10+. The van der Waals surface area contributed by atoms with Gasteiger partial charge in [-0.05, 0) is 55.8 Å². The van der Waals surface area contributed by atoms with E-state index in [9.17, 15) is 14.4 Å². The first-order valence-corrected chi connectivity index (χ1v) is 8.95. The van der Waals surface area contributed by atoms with Gasteiger partial charge in [-0.15, -0.1) is 0 Å². The Labute approximate surface area is 166 Å². The fourth-order valence-corrected chi connectivity index (χ4v) is 3.54. The molecule has 1 saturated heterocycles. The van der Waals surface area contributed by atoms with E-state index in [-0.39, 0.29) is 5.70 Å². The van der Waals surface area contributed by atoms with Crippen LogP contribution in [-0.4, -0.2) is 44.0 Å². The molecule has 1 aromatic carbocycles. The minimum Gasteiger partial charge on any atom is -0.480 e. The highest BCUT2D eigenvalue weighted by Gasteiger charge is 2.35. The predicted molar refractivity (Wildman–Crippen MR) is 106 cm³/mol. The second kappa shape index (κ2) is 6.90. The number of carbonyl (C=O) groups excluding carboxylic acids is 2. The molecule has 8 nitrogen and oxygen atoms in total. The van der Waals surface area contributed by atoms with E-state index in [0.717, 1.165) is 33.5 Å². The predicted octanol–water partition coefficient (Wildman–Crippen LogP) is 2.62. The van der Waals surface area contributed by atoms with Crippen molar-refractivity contribution >= 4 is 34.9 Å². The Bertz CT molecular complexity index is 1210. The van der Waals surface area contributed by atoms with Crippen molar-refractivity contribution in [3.8, 4) is 5.69 Å². The summed E-state index contributed by atoms with van der Waals surface area (Å²) in [5.74, 6) is -1.90. The van der Waals surface area contributed by atoms with Crippen molar-refractivity contribution in [2.75, 3.05) is 6.54 Å². The molecule has 0 bridgehead atoms. The minimum absolute atomic E-state index is 0.0548. The van der Waals surface area contributed by atoms with Gasteiger partial charge < -0.3 is 15.0 Å². The van der Waals surface area contributed by atoms with E-state index in [2.05, 4.69) is 14.9 Å². The van der Waals surface area contributed by atoms with Gasteiger partial charge >= 0.3 is 12.0 Å². The van der Waals surface area contributed by atoms with E-state index in [1.54, 1.807) is 12.3 Å². The van der Waals surface area contributed by atoms with Crippen LogP contribution in [0.15, 0.2) is 48.3 Å². The third-order valence-electron chi connectivity index (χ3n) is 4.87. The molecule has 3 aromatic rings. The molecule has 3 amide bonds. The van der Waals surface area contributed by atoms with Crippen molar-refractivity contribution in [3.05, 3.63) is 65.2 Å². The smallest absolute Gasteiger partial charge is 0.329 e. The zero-order valence-electron chi connectivity index (χ0n) is 15.8. The number of rotatable bonds is 4. The second-order valence-electron chi connectivity index (χ2n) is 6.82. The van der Waals surface area contributed by atoms with Gasteiger partial charge in [0.15, 0.2) is 0 Å². The number of fused-ring (bicyclic) bond motifs is 1. The normalized spacial score (nSPS) is 15.4. The molecule has 0 unspecified atom stereocenters. The Balaban J connectivity index is 1.72.